The van der Waals surface area contributed by atoms with Gasteiger partial charge in [0.2, 0.25) is 5.88 Å². The molecule has 20 heavy (non-hydrogen) atoms. The maximum Gasteiger partial charge on any atom is 0.254 e. The van der Waals surface area contributed by atoms with Gasteiger partial charge >= 0.3 is 0 Å². The highest BCUT2D eigenvalue weighted by Crippen LogP contribution is 2.28. The van der Waals surface area contributed by atoms with Crippen LogP contribution in [0.1, 0.15) is 21.5 Å². The molecule has 1 aromatic carbocycles. The van der Waals surface area contributed by atoms with Crippen molar-refractivity contribution in [2.75, 3.05) is 7.05 Å². The topological polar surface area (TPSA) is 66.2 Å². The van der Waals surface area contributed by atoms with Crippen molar-refractivity contribution in [3.05, 3.63) is 53.2 Å². The number of hydrogen-bond donors (Lipinski definition) is 0. The van der Waals surface area contributed by atoms with Crippen LogP contribution in [0.2, 0.25) is 0 Å². The van der Waals surface area contributed by atoms with Crippen LogP contribution in [0.25, 0.3) is 0 Å². The number of carbonyl (C=O) groups is 1. The molecule has 1 amide bonds. The number of carbonyl (C=O) groups excluding carboxylic acids is 1. The highest BCUT2D eigenvalue weighted by atomic mass is 16.5. The van der Waals surface area contributed by atoms with Gasteiger partial charge in [0.1, 0.15) is 17.4 Å². The summed E-state index contributed by atoms with van der Waals surface area (Å²) in [7, 11) is 1.76. The Morgan fingerprint density at radius 1 is 1.40 bits per heavy atom. The predicted molar refractivity (Wildman–Crippen MR) is 71.3 cm³/mol. The first-order valence-electron chi connectivity index (χ1n) is 6.10. The average Bonchev–Trinajstić information content (AvgIpc) is 2.74. The zero-order valence-corrected chi connectivity index (χ0v) is 10.8. The summed E-state index contributed by atoms with van der Waals surface area (Å²) in [6.45, 7) is 0.568. The van der Waals surface area contributed by atoms with Gasteiger partial charge in [0, 0.05) is 25.4 Å². The van der Waals surface area contributed by atoms with Crippen molar-refractivity contribution in [2.24, 2.45) is 0 Å². The summed E-state index contributed by atoms with van der Waals surface area (Å²) in [5.74, 6) is 0.858. The van der Waals surface area contributed by atoms with Crippen LogP contribution in [0.3, 0.4) is 0 Å². The molecular weight excluding hydrogens is 254 g/mol. The molecule has 3 rings (SSSR count). The molecule has 5 nitrogen and oxygen atoms in total. The smallest absolute Gasteiger partial charge is 0.254 e. The molecule has 5 heteroatoms. The number of nitriles is 1. The molecule has 1 aliphatic heterocycles. The third-order valence-electron chi connectivity index (χ3n) is 3.17. The molecule has 0 unspecified atom stereocenters. The molecule has 0 saturated carbocycles. The van der Waals surface area contributed by atoms with Crippen LogP contribution in [-0.4, -0.2) is 22.8 Å². The van der Waals surface area contributed by atoms with E-state index in [9.17, 15) is 4.79 Å². The van der Waals surface area contributed by atoms with Gasteiger partial charge in [0.05, 0.1) is 0 Å². The van der Waals surface area contributed by atoms with Gasteiger partial charge in [-0.05, 0) is 35.9 Å². The summed E-state index contributed by atoms with van der Waals surface area (Å²) >= 11 is 0. The first-order valence-corrected chi connectivity index (χ1v) is 6.10. The van der Waals surface area contributed by atoms with Gasteiger partial charge in [-0.3, -0.25) is 4.79 Å². The quantitative estimate of drug-likeness (QED) is 0.835. The monoisotopic (exact) mass is 265 g/mol. The molecule has 0 atom stereocenters. The van der Waals surface area contributed by atoms with E-state index < -0.39 is 0 Å². The predicted octanol–water partition coefficient (Wildman–Crippen LogP) is 2.33. The van der Waals surface area contributed by atoms with Crippen molar-refractivity contribution in [3.63, 3.8) is 0 Å². The summed E-state index contributed by atoms with van der Waals surface area (Å²) < 4.78 is 5.63. The van der Waals surface area contributed by atoms with Gasteiger partial charge in [-0.2, -0.15) is 5.26 Å². The van der Waals surface area contributed by atoms with E-state index in [-0.39, 0.29) is 11.8 Å². The molecular formula is C15H11N3O2. The highest BCUT2D eigenvalue weighted by Gasteiger charge is 2.24. The lowest BCUT2D eigenvalue weighted by atomic mass is 10.1. The number of rotatable bonds is 2. The zero-order valence-electron chi connectivity index (χ0n) is 10.8. The largest absolute Gasteiger partial charge is 0.438 e. The second-order valence-corrected chi connectivity index (χ2v) is 4.55. The molecule has 2 aromatic rings. The van der Waals surface area contributed by atoms with Crippen molar-refractivity contribution in [2.45, 2.75) is 6.54 Å². The maximum absolute atomic E-state index is 11.8. The minimum Gasteiger partial charge on any atom is -0.438 e. The lowest BCUT2D eigenvalue weighted by molar-refractivity contribution is 0.0816. The average molecular weight is 265 g/mol. The Morgan fingerprint density at radius 3 is 3.05 bits per heavy atom. The van der Waals surface area contributed by atoms with Crippen molar-refractivity contribution in [1.29, 1.82) is 5.26 Å². The van der Waals surface area contributed by atoms with Gasteiger partial charge in [-0.1, -0.05) is 0 Å². The lowest BCUT2D eigenvalue weighted by Gasteiger charge is -2.07. The van der Waals surface area contributed by atoms with Gasteiger partial charge in [-0.15, -0.1) is 0 Å². The molecule has 0 N–H and O–H groups in total. The van der Waals surface area contributed by atoms with E-state index in [2.05, 4.69) is 4.98 Å². The van der Waals surface area contributed by atoms with Crippen LogP contribution in [0.4, 0.5) is 0 Å². The standard InChI is InChI=1S/C15H11N3O2/c1-18-9-11-7-12(4-5-13(11)15(18)19)20-14-10(8-16)3-2-6-17-14/h2-7H,9H2,1H3. The molecule has 1 aromatic heterocycles. The maximum atomic E-state index is 11.8. The van der Waals surface area contributed by atoms with Crippen LogP contribution in [0.5, 0.6) is 11.6 Å². The van der Waals surface area contributed by atoms with Crippen molar-refractivity contribution < 1.29 is 9.53 Å². The summed E-state index contributed by atoms with van der Waals surface area (Å²) in [5, 5.41) is 9.00. The van der Waals surface area contributed by atoms with E-state index >= 15 is 0 Å². The molecule has 1 aliphatic rings. The van der Waals surface area contributed by atoms with E-state index in [1.54, 1.807) is 42.4 Å². The molecule has 0 bridgehead atoms. The number of pyridine rings is 1. The fourth-order valence-electron chi connectivity index (χ4n) is 2.17. The zero-order chi connectivity index (χ0) is 14.1. The molecule has 0 fully saturated rings. The van der Waals surface area contributed by atoms with Crippen LogP contribution >= 0.6 is 0 Å². The molecule has 0 saturated heterocycles. The fraction of sp³-hybridized carbons (Fsp3) is 0.133. The Labute approximate surface area is 116 Å². The Kier molecular flexibility index (Phi) is 2.84. The number of ether oxygens (including phenoxy) is 1. The van der Waals surface area contributed by atoms with Gasteiger partial charge in [0.25, 0.3) is 5.91 Å². The fourth-order valence-corrected chi connectivity index (χ4v) is 2.17. The molecule has 0 radical (unpaired) electrons. The number of amides is 1. The van der Waals surface area contributed by atoms with Gasteiger partial charge in [-0.25, -0.2) is 4.98 Å². The second-order valence-electron chi connectivity index (χ2n) is 4.55. The van der Waals surface area contributed by atoms with E-state index in [1.165, 1.54) is 0 Å². The van der Waals surface area contributed by atoms with Gasteiger partial charge < -0.3 is 9.64 Å². The number of fused-ring (bicyclic) bond motifs is 1. The Bertz CT molecular complexity index is 734. The first-order chi connectivity index (χ1) is 9.69. The van der Waals surface area contributed by atoms with E-state index in [0.29, 0.717) is 23.4 Å². The van der Waals surface area contributed by atoms with Crippen molar-refractivity contribution in [3.8, 4) is 17.7 Å². The number of aromatic nitrogens is 1. The third-order valence-corrected chi connectivity index (χ3v) is 3.17. The van der Waals surface area contributed by atoms with Crippen LogP contribution in [0.15, 0.2) is 36.5 Å². The van der Waals surface area contributed by atoms with Crippen LogP contribution in [0, 0.1) is 11.3 Å². The number of benzene rings is 1. The highest BCUT2D eigenvalue weighted by molar-refractivity contribution is 5.98. The van der Waals surface area contributed by atoms with Gasteiger partial charge in [0.15, 0.2) is 0 Å². The number of nitrogens with zero attached hydrogens (tertiary/aromatic N) is 3. The Balaban J connectivity index is 1.92. The molecule has 0 aliphatic carbocycles. The minimum atomic E-state index is 0.0158. The van der Waals surface area contributed by atoms with Crippen LogP contribution in [-0.2, 0) is 6.54 Å². The molecule has 98 valence electrons. The van der Waals surface area contributed by atoms with Crippen molar-refractivity contribution >= 4 is 5.91 Å². The van der Waals surface area contributed by atoms with E-state index in [0.717, 1.165) is 5.56 Å². The Hall–Kier alpha value is -2.87. The third kappa shape index (κ3) is 1.97. The normalized spacial score (nSPS) is 13.0. The Morgan fingerprint density at radius 2 is 2.25 bits per heavy atom. The number of hydrogen-bond acceptors (Lipinski definition) is 4. The van der Waals surface area contributed by atoms with Crippen LogP contribution < -0.4 is 4.74 Å². The molecule has 2 heterocycles. The van der Waals surface area contributed by atoms with E-state index in [4.69, 9.17) is 10.00 Å². The molecule has 0 spiro atoms. The second kappa shape index (κ2) is 4.67. The van der Waals surface area contributed by atoms with Crippen molar-refractivity contribution in [1.82, 2.24) is 9.88 Å². The SMILES string of the molecule is CN1Cc2cc(Oc3ncccc3C#N)ccc2C1=O. The minimum absolute atomic E-state index is 0.0158. The first kappa shape index (κ1) is 12.2. The summed E-state index contributed by atoms with van der Waals surface area (Å²) in [5.41, 5.74) is 1.99. The lowest BCUT2D eigenvalue weighted by Crippen LogP contribution is -2.17. The summed E-state index contributed by atoms with van der Waals surface area (Å²) in [6, 6.07) is 10.6. The summed E-state index contributed by atoms with van der Waals surface area (Å²) in [4.78, 5) is 17.5. The summed E-state index contributed by atoms with van der Waals surface area (Å²) in [6.07, 6.45) is 1.57. The van der Waals surface area contributed by atoms with E-state index in [1.807, 2.05) is 12.1 Å².